The minimum absolute atomic E-state index is 0.382. The maximum Gasteiger partial charge on any atom is 0.0464 e. The summed E-state index contributed by atoms with van der Waals surface area (Å²) in [6.07, 6.45) is 17.4. The quantitative estimate of drug-likeness (QED) is 0.167. The summed E-state index contributed by atoms with van der Waals surface area (Å²) in [6, 6.07) is 48.9. The Bertz CT molecular complexity index is 1900. The number of hydrogen-bond acceptors (Lipinski definition) is 1. The fourth-order valence-electron chi connectivity index (χ4n) is 13.6. The molecule has 0 spiro atoms. The van der Waals surface area contributed by atoms with Crippen molar-refractivity contribution in [2.24, 2.45) is 35.5 Å². The Morgan fingerprint density at radius 2 is 0.686 bits per heavy atom. The first kappa shape index (κ1) is 30.5. The predicted octanol–water partition coefficient (Wildman–Crippen LogP) is 13.4. The summed E-state index contributed by atoms with van der Waals surface area (Å²) >= 11 is 0. The lowest BCUT2D eigenvalue weighted by atomic mass is 9.48. The highest BCUT2D eigenvalue weighted by atomic mass is 15.1. The van der Waals surface area contributed by atoms with Crippen LogP contribution in [0.5, 0.6) is 0 Å². The molecule has 5 aromatic rings. The molecule has 5 aromatic carbocycles. The van der Waals surface area contributed by atoms with Crippen molar-refractivity contribution in [3.63, 3.8) is 0 Å². The molecule has 0 aliphatic heterocycles. The number of nitrogens with zero attached hydrogens (tertiary/aromatic N) is 1. The summed E-state index contributed by atoms with van der Waals surface area (Å²) in [5.74, 6) is 5.68. The minimum Gasteiger partial charge on any atom is -0.310 e. The van der Waals surface area contributed by atoms with Gasteiger partial charge >= 0.3 is 0 Å². The SMILES string of the molecule is c1ccc(-c2ccc(-c3ccc(N(c4cccc(C56CC7CC(CC(C7)C5)C6)c4)c4cccc(C56CC7CC(CC(C7)C5)C6)c4)cc3)cc2)cc1. The maximum absolute atomic E-state index is 2.61. The van der Waals surface area contributed by atoms with Crippen LogP contribution in [0.2, 0.25) is 0 Å². The highest BCUT2D eigenvalue weighted by Crippen LogP contribution is 2.62. The summed E-state index contributed by atoms with van der Waals surface area (Å²) in [5, 5.41) is 0. The molecule has 0 heterocycles. The largest absolute Gasteiger partial charge is 0.310 e. The second-order valence-corrected chi connectivity index (χ2v) is 18.3. The van der Waals surface area contributed by atoms with E-state index in [1.54, 1.807) is 11.1 Å². The van der Waals surface area contributed by atoms with Crippen LogP contribution in [0.4, 0.5) is 17.1 Å². The Morgan fingerprint density at radius 3 is 1.08 bits per heavy atom. The molecule has 51 heavy (non-hydrogen) atoms. The predicted molar refractivity (Wildman–Crippen MR) is 212 cm³/mol. The minimum atomic E-state index is 0.382. The first-order valence-electron chi connectivity index (χ1n) is 20.3. The Labute approximate surface area is 305 Å². The van der Waals surface area contributed by atoms with Gasteiger partial charge in [0.2, 0.25) is 0 Å². The van der Waals surface area contributed by atoms with E-state index in [1.165, 1.54) is 116 Å². The van der Waals surface area contributed by atoms with E-state index in [0.29, 0.717) is 10.8 Å². The third-order valence-electron chi connectivity index (χ3n) is 15.0. The van der Waals surface area contributed by atoms with Gasteiger partial charge in [0.25, 0.3) is 0 Å². The zero-order valence-electron chi connectivity index (χ0n) is 30.0. The van der Waals surface area contributed by atoms with Gasteiger partial charge < -0.3 is 4.90 Å². The lowest BCUT2D eigenvalue weighted by Crippen LogP contribution is -2.48. The van der Waals surface area contributed by atoms with Gasteiger partial charge in [0.05, 0.1) is 0 Å². The van der Waals surface area contributed by atoms with E-state index in [4.69, 9.17) is 0 Å². The fraction of sp³-hybridized carbons (Fsp3) is 0.400. The van der Waals surface area contributed by atoms with Crippen LogP contribution in [0.15, 0.2) is 127 Å². The second-order valence-electron chi connectivity index (χ2n) is 18.3. The van der Waals surface area contributed by atoms with E-state index < -0.39 is 0 Å². The molecule has 256 valence electrons. The molecule has 1 heteroatoms. The van der Waals surface area contributed by atoms with E-state index in [-0.39, 0.29) is 0 Å². The van der Waals surface area contributed by atoms with Crippen molar-refractivity contribution < 1.29 is 0 Å². The normalized spacial score (nSPS) is 32.7. The van der Waals surface area contributed by atoms with E-state index >= 15 is 0 Å². The summed E-state index contributed by atoms with van der Waals surface area (Å²) < 4.78 is 0. The molecular weight excluding hydrogens is 615 g/mol. The lowest BCUT2D eigenvalue weighted by Gasteiger charge is -2.57. The summed E-state index contributed by atoms with van der Waals surface area (Å²) in [7, 11) is 0. The summed E-state index contributed by atoms with van der Waals surface area (Å²) in [5.41, 5.74) is 12.9. The van der Waals surface area contributed by atoms with Crippen LogP contribution in [0, 0.1) is 35.5 Å². The third kappa shape index (κ3) is 5.24. The Hall–Kier alpha value is -4.10. The van der Waals surface area contributed by atoms with Crippen molar-refractivity contribution in [2.75, 3.05) is 4.90 Å². The Kier molecular flexibility index (Phi) is 7.01. The molecule has 8 aliphatic carbocycles. The molecule has 8 fully saturated rings. The molecule has 0 saturated heterocycles. The van der Waals surface area contributed by atoms with Crippen LogP contribution in [0.25, 0.3) is 22.3 Å². The van der Waals surface area contributed by atoms with E-state index in [2.05, 4.69) is 132 Å². The van der Waals surface area contributed by atoms with Gasteiger partial charge in [-0.25, -0.2) is 0 Å². The van der Waals surface area contributed by atoms with Crippen molar-refractivity contribution in [3.05, 3.63) is 139 Å². The zero-order chi connectivity index (χ0) is 33.6. The van der Waals surface area contributed by atoms with Crippen molar-refractivity contribution in [1.82, 2.24) is 0 Å². The molecule has 0 amide bonds. The van der Waals surface area contributed by atoms with Crippen LogP contribution in [0.1, 0.15) is 88.2 Å². The zero-order valence-corrected chi connectivity index (χ0v) is 30.0. The molecule has 0 unspecified atom stereocenters. The number of benzene rings is 5. The second kappa shape index (κ2) is 11.7. The standard InChI is InChI=1S/C50H51N/c1-2-6-40(7-3-1)41-12-14-42(15-13-41)43-16-18-46(19-17-43)51(47-10-4-8-44(26-47)49-28-34-20-35(29-49)22-36(21-34)30-49)48-11-5-9-45(27-48)50-31-37-23-38(32-50)25-39(24-37)33-50/h1-19,26-27,34-39H,20-25,28-33H2. The molecule has 8 saturated carbocycles. The highest BCUT2D eigenvalue weighted by molar-refractivity contribution is 5.79. The van der Waals surface area contributed by atoms with E-state index in [1.807, 2.05) is 0 Å². The first-order chi connectivity index (χ1) is 25.1. The van der Waals surface area contributed by atoms with Gasteiger partial charge in [0.1, 0.15) is 0 Å². The van der Waals surface area contributed by atoms with Crippen LogP contribution in [-0.2, 0) is 10.8 Å². The number of anilines is 3. The molecule has 0 radical (unpaired) electrons. The van der Waals surface area contributed by atoms with Crippen LogP contribution in [0.3, 0.4) is 0 Å². The molecule has 0 N–H and O–H groups in total. The van der Waals surface area contributed by atoms with Gasteiger partial charge in [-0.1, -0.05) is 91.0 Å². The molecule has 0 atom stereocenters. The summed E-state index contributed by atoms with van der Waals surface area (Å²) in [6.45, 7) is 0. The van der Waals surface area contributed by atoms with Crippen molar-refractivity contribution in [1.29, 1.82) is 0 Å². The molecular formula is C50H51N. The molecule has 8 bridgehead atoms. The van der Waals surface area contributed by atoms with Gasteiger partial charge in [0, 0.05) is 17.1 Å². The average Bonchev–Trinajstić information content (AvgIpc) is 3.15. The average molecular weight is 666 g/mol. The number of rotatable bonds is 7. The van der Waals surface area contributed by atoms with Gasteiger partial charge in [-0.15, -0.1) is 0 Å². The van der Waals surface area contributed by atoms with Crippen LogP contribution >= 0.6 is 0 Å². The molecule has 0 aromatic heterocycles. The van der Waals surface area contributed by atoms with Crippen LogP contribution in [-0.4, -0.2) is 0 Å². The van der Waals surface area contributed by atoms with Gasteiger partial charge in [-0.05, 0) is 193 Å². The highest BCUT2D eigenvalue weighted by Gasteiger charge is 2.53. The van der Waals surface area contributed by atoms with Gasteiger partial charge in [-0.3, -0.25) is 0 Å². The Morgan fingerprint density at radius 1 is 0.333 bits per heavy atom. The maximum atomic E-state index is 2.61. The topological polar surface area (TPSA) is 3.24 Å². The molecule has 1 nitrogen and oxygen atoms in total. The monoisotopic (exact) mass is 665 g/mol. The Balaban J connectivity index is 0.975. The van der Waals surface area contributed by atoms with Crippen molar-refractivity contribution in [3.8, 4) is 22.3 Å². The number of hydrogen-bond donors (Lipinski definition) is 0. The van der Waals surface area contributed by atoms with Gasteiger partial charge in [0.15, 0.2) is 0 Å². The van der Waals surface area contributed by atoms with Crippen LogP contribution < -0.4 is 4.90 Å². The van der Waals surface area contributed by atoms with Crippen molar-refractivity contribution >= 4 is 17.1 Å². The van der Waals surface area contributed by atoms with E-state index in [0.717, 1.165) is 35.5 Å². The smallest absolute Gasteiger partial charge is 0.0464 e. The van der Waals surface area contributed by atoms with E-state index in [9.17, 15) is 0 Å². The first-order valence-corrected chi connectivity index (χ1v) is 20.3. The third-order valence-corrected chi connectivity index (χ3v) is 15.0. The lowest BCUT2D eigenvalue weighted by molar-refractivity contribution is -0.00526. The van der Waals surface area contributed by atoms with Gasteiger partial charge in [-0.2, -0.15) is 0 Å². The molecule has 13 rings (SSSR count). The molecule has 8 aliphatic rings. The fourth-order valence-corrected chi connectivity index (χ4v) is 13.6. The van der Waals surface area contributed by atoms with Crippen molar-refractivity contribution in [2.45, 2.75) is 87.9 Å². The summed E-state index contributed by atoms with van der Waals surface area (Å²) in [4.78, 5) is 2.59.